The smallest absolute Gasteiger partial charge is 0.409 e. The molecule has 0 saturated carbocycles. The fraction of sp³-hybridized carbons (Fsp3) is 0.400. The van der Waals surface area contributed by atoms with Crippen LogP contribution >= 0.6 is 0 Å². The van der Waals surface area contributed by atoms with Crippen molar-refractivity contribution in [2.75, 3.05) is 44.7 Å². The standard InChI is InChI=1S/C20H25N5O3/c1-3-28-20(27)25-13-11-24(12-14-25)18-10-9-17(21-22-18)19(26)23(2)15-16-7-5-4-6-8-16/h4-10H,3,11-15H2,1-2H3. The Labute approximate surface area is 164 Å². The molecule has 0 radical (unpaired) electrons. The quantitative estimate of drug-likeness (QED) is 0.786. The van der Waals surface area contributed by atoms with Crippen molar-refractivity contribution in [3.8, 4) is 0 Å². The van der Waals surface area contributed by atoms with E-state index in [-0.39, 0.29) is 12.0 Å². The zero-order valence-electron chi connectivity index (χ0n) is 16.2. The average molecular weight is 383 g/mol. The lowest BCUT2D eigenvalue weighted by atomic mass is 10.2. The highest BCUT2D eigenvalue weighted by Crippen LogP contribution is 2.14. The predicted molar refractivity (Wildman–Crippen MR) is 105 cm³/mol. The number of rotatable bonds is 5. The number of hydrogen-bond donors (Lipinski definition) is 0. The van der Waals surface area contributed by atoms with Crippen LogP contribution in [0.3, 0.4) is 0 Å². The second-order valence-corrected chi connectivity index (χ2v) is 6.60. The maximum Gasteiger partial charge on any atom is 0.409 e. The molecule has 1 aliphatic rings. The molecule has 148 valence electrons. The highest BCUT2D eigenvalue weighted by molar-refractivity contribution is 5.92. The van der Waals surface area contributed by atoms with Crippen molar-refractivity contribution >= 4 is 17.8 Å². The van der Waals surface area contributed by atoms with E-state index in [9.17, 15) is 9.59 Å². The number of carbonyl (C=O) groups is 2. The van der Waals surface area contributed by atoms with Crippen molar-refractivity contribution in [2.45, 2.75) is 13.5 Å². The maximum atomic E-state index is 12.6. The van der Waals surface area contributed by atoms with Gasteiger partial charge in [-0.3, -0.25) is 4.79 Å². The van der Waals surface area contributed by atoms with Gasteiger partial charge in [-0.2, -0.15) is 0 Å². The van der Waals surface area contributed by atoms with E-state index in [1.165, 1.54) is 0 Å². The summed E-state index contributed by atoms with van der Waals surface area (Å²) in [5.74, 6) is 0.529. The first-order chi connectivity index (χ1) is 13.6. The lowest BCUT2D eigenvalue weighted by molar-refractivity contribution is 0.0777. The third kappa shape index (κ3) is 4.76. The third-order valence-electron chi connectivity index (χ3n) is 4.61. The van der Waals surface area contributed by atoms with Crippen molar-refractivity contribution in [1.29, 1.82) is 0 Å². The van der Waals surface area contributed by atoms with E-state index in [1.54, 1.807) is 35.9 Å². The number of benzene rings is 1. The van der Waals surface area contributed by atoms with Gasteiger partial charge in [0.15, 0.2) is 11.5 Å². The molecule has 0 bridgehead atoms. The molecule has 2 aromatic rings. The Balaban J connectivity index is 1.56. The number of amides is 2. The molecule has 1 fully saturated rings. The minimum Gasteiger partial charge on any atom is -0.450 e. The van der Waals surface area contributed by atoms with Crippen molar-refractivity contribution in [3.05, 3.63) is 53.7 Å². The fourth-order valence-corrected chi connectivity index (χ4v) is 3.07. The summed E-state index contributed by atoms with van der Waals surface area (Å²) >= 11 is 0. The summed E-state index contributed by atoms with van der Waals surface area (Å²) in [6.45, 7) is 5.12. The van der Waals surface area contributed by atoms with E-state index in [2.05, 4.69) is 10.2 Å². The molecule has 2 heterocycles. The van der Waals surface area contributed by atoms with E-state index >= 15 is 0 Å². The normalized spacial score (nSPS) is 13.9. The van der Waals surface area contributed by atoms with Crippen molar-refractivity contribution in [2.24, 2.45) is 0 Å². The van der Waals surface area contributed by atoms with Crippen molar-refractivity contribution in [3.63, 3.8) is 0 Å². The summed E-state index contributed by atoms with van der Waals surface area (Å²) in [5, 5.41) is 8.32. The average Bonchev–Trinajstić information content (AvgIpc) is 2.74. The van der Waals surface area contributed by atoms with E-state index in [0.717, 1.165) is 5.56 Å². The van der Waals surface area contributed by atoms with Crippen LogP contribution in [0.15, 0.2) is 42.5 Å². The van der Waals surface area contributed by atoms with Crippen LogP contribution in [0, 0.1) is 0 Å². The first kappa shape index (κ1) is 19.6. The number of hydrogen-bond acceptors (Lipinski definition) is 6. The molecule has 0 N–H and O–H groups in total. The van der Waals surface area contributed by atoms with Crippen molar-refractivity contribution in [1.82, 2.24) is 20.0 Å². The van der Waals surface area contributed by atoms with Gasteiger partial charge in [-0.25, -0.2) is 4.79 Å². The Kier molecular flexibility index (Phi) is 6.41. The van der Waals surface area contributed by atoms with Gasteiger partial charge < -0.3 is 19.4 Å². The molecule has 1 aromatic carbocycles. The summed E-state index contributed by atoms with van der Waals surface area (Å²) in [4.78, 5) is 29.7. The van der Waals surface area contributed by atoms with Gasteiger partial charge in [0.25, 0.3) is 5.91 Å². The van der Waals surface area contributed by atoms with Gasteiger partial charge in [-0.15, -0.1) is 10.2 Å². The van der Waals surface area contributed by atoms with Crippen LogP contribution in [0.2, 0.25) is 0 Å². The molecule has 1 aliphatic heterocycles. The van der Waals surface area contributed by atoms with Crippen LogP contribution in [0.5, 0.6) is 0 Å². The van der Waals surface area contributed by atoms with Gasteiger partial charge in [0.2, 0.25) is 0 Å². The Morgan fingerprint density at radius 2 is 1.75 bits per heavy atom. The Morgan fingerprint density at radius 3 is 2.36 bits per heavy atom. The topological polar surface area (TPSA) is 78.9 Å². The molecule has 8 nitrogen and oxygen atoms in total. The summed E-state index contributed by atoms with van der Waals surface area (Å²) in [5.41, 5.74) is 1.37. The molecule has 8 heteroatoms. The van der Waals surface area contributed by atoms with Gasteiger partial charge in [0.05, 0.1) is 6.61 Å². The Hall–Kier alpha value is -3.16. The van der Waals surface area contributed by atoms with Gasteiger partial charge in [0, 0.05) is 39.8 Å². The van der Waals surface area contributed by atoms with E-state index < -0.39 is 0 Å². The third-order valence-corrected chi connectivity index (χ3v) is 4.61. The molecule has 3 rings (SSSR count). The molecule has 28 heavy (non-hydrogen) atoms. The number of carbonyl (C=O) groups excluding carboxylic acids is 2. The van der Waals surface area contributed by atoms with E-state index in [1.807, 2.05) is 35.2 Å². The van der Waals surface area contributed by atoms with Crippen LogP contribution in [-0.2, 0) is 11.3 Å². The zero-order valence-corrected chi connectivity index (χ0v) is 16.2. The van der Waals surface area contributed by atoms with Gasteiger partial charge in [0.1, 0.15) is 0 Å². The second-order valence-electron chi connectivity index (χ2n) is 6.60. The number of piperazine rings is 1. The minimum absolute atomic E-state index is 0.171. The summed E-state index contributed by atoms with van der Waals surface area (Å²) in [6.07, 6.45) is -0.282. The molecular weight excluding hydrogens is 358 g/mol. The minimum atomic E-state index is -0.282. The lowest BCUT2D eigenvalue weighted by Crippen LogP contribution is -2.49. The fourth-order valence-electron chi connectivity index (χ4n) is 3.07. The first-order valence-electron chi connectivity index (χ1n) is 9.38. The van der Waals surface area contributed by atoms with Gasteiger partial charge >= 0.3 is 6.09 Å². The molecule has 1 aromatic heterocycles. The Morgan fingerprint density at radius 1 is 1.04 bits per heavy atom. The molecule has 0 aliphatic carbocycles. The summed E-state index contributed by atoms with van der Waals surface area (Å²) < 4.78 is 5.03. The van der Waals surface area contributed by atoms with E-state index in [0.29, 0.717) is 50.8 Å². The van der Waals surface area contributed by atoms with Crippen LogP contribution in [0.25, 0.3) is 0 Å². The highest BCUT2D eigenvalue weighted by Gasteiger charge is 2.23. The first-order valence-corrected chi connectivity index (χ1v) is 9.38. The van der Waals surface area contributed by atoms with Crippen LogP contribution in [0.1, 0.15) is 23.0 Å². The lowest BCUT2D eigenvalue weighted by Gasteiger charge is -2.34. The maximum absolute atomic E-state index is 12.6. The number of aromatic nitrogens is 2. The monoisotopic (exact) mass is 383 g/mol. The molecule has 0 spiro atoms. The van der Waals surface area contributed by atoms with Crippen LogP contribution < -0.4 is 4.90 Å². The molecule has 0 unspecified atom stereocenters. The zero-order chi connectivity index (χ0) is 19.9. The largest absolute Gasteiger partial charge is 0.450 e. The SMILES string of the molecule is CCOC(=O)N1CCN(c2ccc(C(=O)N(C)Cc3ccccc3)nn2)CC1. The predicted octanol–water partition coefficient (Wildman–Crippen LogP) is 2.03. The van der Waals surface area contributed by atoms with Gasteiger partial charge in [-0.1, -0.05) is 30.3 Å². The number of ether oxygens (including phenoxy) is 1. The second kappa shape index (κ2) is 9.16. The molecule has 0 atom stereocenters. The van der Waals surface area contributed by atoms with E-state index in [4.69, 9.17) is 4.74 Å². The Bertz CT molecular complexity index is 789. The number of nitrogens with zero attached hydrogens (tertiary/aromatic N) is 5. The van der Waals surface area contributed by atoms with Crippen LogP contribution in [-0.4, -0.2) is 71.8 Å². The summed E-state index contributed by atoms with van der Waals surface area (Å²) in [7, 11) is 1.75. The highest BCUT2D eigenvalue weighted by atomic mass is 16.6. The van der Waals surface area contributed by atoms with Crippen LogP contribution in [0.4, 0.5) is 10.6 Å². The summed E-state index contributed by atoms with van der Waals surface area (Å²) in [6, 6.07) is 13.3. The molecule has 2 amide bonds. The van der Waals surface area contributed by atoms with Crippen molar-refractivity contribution < 1.29 is 14.3 Å². The van der Waals surface area contributed by atoms with Gasteiger partial charge in [-0.05, 0) is 24.6 Å². The number of anilines is 1. The molecular formula is C20H25N5O3. The molecule has 1 saturated heterocycles.